The molecule has 1 amide bonds. The van der Waals surface area contributed by atoms with Crippen LogP contribution in [0.2, 0.25) is 0 Å². The first-order valence-electron chi connectivity index (χ1n) is 7.28. The highest BCUT2D eigenvalue weighted by Gasteiger charge is 2.22. The second kappa shape index (κ2) is 9.34. The fourth-order valence-corrected chi connectivity index (χ4v) is 2.35. The Labute approximate surface area is 110 Å². The quantitative estimate of drug-likeness (QED) is 0.676. The number of hydrogen-bond acceptors (Lipinski definition) is 3. The van der Waals surface area contributed by atoms with Crippen molar-refractivity contribution in [3.8, 4) is 0 Å². The maximum Gasteiger partial charge on any atom is 0.222 e. The molecular formula is C14H27NO3. The third-order valence-electron chi connectivity index (χ3n) is 3.48. The molecule has 4 nitrogen and oxygen atoms in total. The van der Waals surface area contributed by atoms with Crippen molar-refractivity contribution in [1.29, 1.82) is 0 Å². The van der Waals surface area contributed by atoms with Gasteiger partial charge in [-0.1, -0.05) is 26.2 Å². The summed E-state index contributed by atoms with van der Waals surface area (Å²) in [6, 6.07) is 0. The van der Waals surface area contributed by atoms with E-state index in [2.05, 4.69) is 6.92 Å². The van der Waals surface area contributed by atoms with Gasteiger partial charge in [0.2, 0.25) is 5.91 Å². The lowest BCUT2D eigenvalue weighted by molar-refractivity contribution is -0.134. The Kier molecular flexibility index (Phi) is 8.01. The number of carbonyl (C=O) groups is 1. The number of aliphatic hydroxyl groups excluding tert-OH is 1. The molecule has 1 fully saturated rings. The summed E-state index contributed by atoms with van der Waals surface area (Å²) in [5, 5.41) is 8.69. The first-order valence-corrected chi connectivity index (χ1v) is 7.28. The number of aliphatic hydroxyl groups is 1. The molecular weight excluding hydrogens is 230 g/mol. The Morgan fingerprint density at radius 3 is 2.61 bits per heavy atom. The molecule has 0 bridgehead atoms. The summed E-state index contributed by atoms with van der Waals surface area (Å²) in [6.07, 6.45) is 7.35. The van der Waals surface area contributed by atoms with Gasteiger partial charge in [0.15, 0.2) is 0 Å². The van der Waals surface area contributed by atoms with Crippen LogP contribution in [0.4, 0.5) is 0 Å². The molecule has 1 aliphatic heterocycles. The summed E-state index contributed by atoms with van der Waals surface area (Å²) >= 11 is 0. The van der Waals surface area contributed by atoms with E-state index in [1.165, 1.54) is 12.8 Å². The number of carbonyl (C=O) groups excluding carboxylic acids is 1. The monoisotopic (exact) mass is 257 g/mol. The van der Waals surface area contributed by atoms with Crippen LogP contribution in [0.5, 0.6) is 0 Å². The predicted octanol–water partition coefficient (Wildman–Crippen LogP) is 1.96. The molecule has 0 aromatic heterocycles. The summed E-state index contributed by atoms with van der Waals surface area (Å²) in [4.78, 5) is 13.9. The van der Waals surface area contributed by atoms with E-state index in [0.29, 0.717) is 18.9 Å². The van der Waals surface area contributed by atoms with E-state index in [0.717, 1.165) is 38.8 Å². The average Bonchev–Trinajstić information content (AvgIpc) is 2.41. The molecule has 4 heteroatoms. The maximum absolute atomic E-state index is 11.9. The topological polar surface area (TPSA) is 49.8 Å². The molecule has 0 atom stereocenters. The number of hydrogen-bond donors (Lipinski definition) is 1. The van der Waals surface area contributed by atoms with Crippen molar-refractivity contribution >= 4 is 5.91 Å². The second-order valence-electron chi connectivity index (χ2n) is 4.99. The number of likely N-dealkylation sites (tertiary alicyclic amines) is 1. The highest BCUT2D eigenvalue weighted by Crippen LogP contribution is 2.15. The van der Waals surface area contributed by atoms with Crippen molar-refractivity contribution < 1.29 is 14.6 Å². The molecule has 0 unspecified atom stereocenters. The molecule has 18 heavy (non-hydrogen) atoms. The van der Waals surface area contributed by atoms with Crippen molar-refractivity contribution in [2.45, 2.75) is 58.0 Å². The molecule has 106 valence electrons. The van der Waals surface area contributed by atoms with Gasteiger partial charge in [0.05, 0.1) is 19.3 Å². The van der Waals surface area contributed by atoms with Crippen LogP contribution in [0.1, 0.15) is 51.9 Å². The van der Waals surface area contributed by atoms with Crippen LogP contribution >= 0.6 is 0 Å². The number of piperidine rings is 1. The lowest BCUT2D eigenvalue weighted by atomic mass is 10.1. The summed E-state index contributed by atoms with van der Waals surface area (Å²) < 4.78 is 5.49. The number of amides is 1. The van der Waals surface area contributed by atoms with Crippen LogP contribution in [0, 0.1) is 0 Å². The molecule has 0 spiro atoms. The average molecular weight is 257 g/mol. The van der Waals surface area contributed by atoms with Gasteiger partial charge in [0.25, 0.3) is 0 Å². The molecule has 0 aromatic carbocycles. The minimum atomic E-state index is 0.0799. The number of unbranched alkanes of at least 4 members (excludes halogenated alkanes) is 3. The van der Waals surface area contributed by atoms with Crippen LogP contribution in [0.3, 0.4) is 0 Å². The molecule has 1 heterocycles. The molecule has 1 rings (SSSR count). The van der Waals surface area contributed by atoms with E-state index in [9.17, 15) is 4.79 Å². The van der Waals surface area contributed by atoms with Crippen molar-refractivity contribution in [1.82, 2.24) is 4.90 Å². The van der Waals surface area contributed by atoms with E-state index < -0.39 is 0 Å². The molecule has 1 aliphatic rings. The van der Waals surface area contributed by atoms with Gasteiger partial charge < -0.3 is 14.7 Å². The number of nitrogens with zero attached hydrogens (tertiary/aromatic N) is 1. The first kappa shape index (κ1) is 15.4. The van der Waals surface area contributed by atoms with Gasteiger partial charge in [0.1, 0.15) is 0 Å². The van der Waals surface area contributed by atoms with Gasteiger partial charge in [-0.25, -0.2) is 0 Å². The molecule has 0 saturated carbocycles. The Morgan fingerprint density at radius 2 is 2.00 bits per heavy atom. The maximum atomic E-state index is 11.9. The standard InChI is InChI=1S/C14H27NO3/c1-2-3-4-5-6-14(17)15-9-7-13(8-10-15)18-12-11-16/h13,16H,2-12H2,1H3. The predicted molar refractivity (Wildman–Crippen MR) is 71.4 cm³/mol. The van der Waals surface area contributed by atoms with E-state index in [4.69, 9.17) is 9.84 Å². The first-order chi connectivity index (χ1) is 8.77. The second-order valence-corrected chi connectivity index (χ2v) is 4.99. The normalized spacial score (nSPS) is 17.1. The highest BCUT2D eigenvalue weighted by molar-refractivity contribution is 5.76. The van der Waals surface area contributed by atoms with E-state index in [-0.39, 0.29) is 12.7 Å². The zero-order valence-corrected chi connectivity index (χ0v) is 11.6. The van der Waals surface area contributed by atoms with Gasteiger partial charge in [-0.2, -0.15) is 0 Å². The molecule has 1 N–H and O–H groups in total. The van der Waals surface area contributed by atoms with Gasteiger partial charge >= 0.3 is 0 Å². The molecule has 0 radical (unpaired) electrons. The Bertz CT molecular complexity index is 225. The summed E-state index contributed by atoms with van der Waals surface area (Å²) in [5.74, 6) is 0.298. The fourth-order valence-electron chi connectivity index (χ4n) is 2.35. The fraction of sp³-hybridized carbons (Fsp3) is 0.929. The van der Waals surface area contributed by atoms with Crippen LogP contribution in [0.15, 0.2) is 0 Å². The third kappa shape index (κ3) is 5.83. The minimum Gasteiger partial charge on any atom is -0.394 e. The van der Waals surface area contributed by atoms with Crippen molar-refractivity contribution in [2.75, 3.05) is 26.3 Å². The van der Waals surface area contributed by atoms with Crippen LogP contribution in [-0.4, -0.2) is 48.3 Å². The summed E-state index contributed by atoms with van der Waals surface area (Å²) in [6.45, 7) is 4.29. The van der Waals surface area contributed by atoms with Gasteiger partial charge in [-0.15, -0.1) is 0 Å². The summed E-state index contributed by atoms with van der Waals surface area (Å²) in [7, 11) is 0. The molecule has 0 aromatic rings. The number of ether oxygens (including phenoxy) is 1. The smallest absolute Gasteiger partial charge is 0.222 e. The lowest BCUT2D eigenvalue weighted by Gasteiger charge is -2.32. The van der Waals surface area contributed by atoms with Gasteiger partial charge in [-0.05, 0) is 19.3 Å². The van der Waals surface area contributed by atoms with Crippen LogP contribution < -0.4 is 0 Å². The minimum absolute atomic E-state index is 0.0799. The van der Waals surface area contributed by atoms with E-state index >= 15 is 0 Å². The van der Waals surface area contributed by atoms with Crippen molar-refractivity contribution in [2.24, 2.45) is 0 Å². The Hall–Kier alpha value is -0.610. The molecule has 0 aliphatic carbocycles. The molecule has 1 saturated heterocycles. The number of rotatable bonds is 8. The van der Waals surface area contributed by atoms with Crippen molar-refractivity contribution in [3.63, 3.8) is 0 Å². The lowest BCUT2D eigenvalue weighted by Crippen LogP contribution is -2.41. The van der Waals surface area contributed by atoms with E-state index in [1.807, 2.05) is 4.90 Å². The highest BCUT2D eigenvalue weighted by atomic mass is 16.5. The van der Waals surface area contributed by atoms with Gasteiger partial charge in [0, 0.05) is 19.5 Å². The van der Waals surface area contributed by atoms with Crippen LogP contribution in [-0.2, 0) is 9.53 Å². The van der Waals surface area contributed by atoms with Gasteiger partial charge in [-0.3, -0.25) is 4.79 Å². The van der Waals surface area contributed by atoms with E-state index in [1.54, 1.807) is 0 Å². The Balaban J connectivity index is 2.11. The van der Waals surface area contributed by atoms with Crippen molar-refractivity contribution in [3.05, 3.63) is 0 Å². The van der Waals surface area contributed by atoms with Crippen LogP contribution in [0.25, 0.3) is 0 Å². The largest absolute Gasteiger partial charge is 0.394 e. The zero-order chi connectivity index (χ0) is 13.2. The SMILES string of the molecule is CCCCCCC(=O)N1CCC(OCCO)CC1. The Morgan fingerprint density at radius 1 is 1.28 bits per heavy atom. The zero-order valence-electron chi connectivity index (χ0n) is 11.6. The third-order valence-corrected chi connectivity index (χ3v) is 3.48. The summed E-state index contributed by atoms with van der Waals surface area (Å²) in [5.41, 5.74) is 0.